The Labute approximate surface area is 132 Å². The number of benzene rings is 2. The fourth-order valence-electron chi connectivity index (χ4n) is 2.10. The van der Waals surface area contributed by atoms with Crippen molar-refractivity contribution in [3.05, 3.63) is 64.8 Å². The number of aromatic hydroxyl groups is 1. The molecule has 0 atom stereocenters. The fourth-order valence-corrected chi connectivity index (χ4v) is 2.35. The number of aromatic nitrogens is 1. The molecule has 0 aliphatic rings. The van der Waals surface area contributed by atoms with E-state index < -0.39 is 0 Å². The molecule has 0 saturated carbocycles. The average Bonchev–Trinajstić information content (AvgIpc) is 2.55. The van der Waals surface area contributed by atoms with E-state index >= 15 is 0 Å². The van der Waals surface area contributed by atoms with E-state index in [0.29, 0.717) is 28.3 Å². The van der Waals surface area contributed by atoms with Gasteiger partial charge in [0.15, 0.2) is 11.5 Å². The normalized spacial score (nSPS) is 10.4. The van der Waals surface area contributed by atoms with Crippen LogP contribution in [0.2, 0.25) is 5.02 Å². The SMILES string of the molecule is N#Cc1cnc2cc(O)c(OCc3ccccc3)cc2c1Cl. The Balaban J connectivity index is 1.97. The topological polar surface area (TPSA) is 66.1 Å². The van der Waals surface area contributed by atoms with Crippen molar-refractivity contribution in [1.29, 1.82) is 5.26 Å². The third-order valence-corrected chi connectivity index (χ3v) is 3.65. The summed E-state index contributed by atoms with van der Waals surface area (Å²) in [5.41, 5.74) is 1.78. The highest BCUT2D eigenvalue weighted by Crippen LogP contribution is 2.35. The number of fused-ring (bicyclic) bond motifs is 1. The maximum atomic E-state index is 10.0. The zero-order chi connectivity index (χ0) is 15.5. The summed E-state index contributed by atoms with van der Waals surface area (Å²) in [6.07, 6.45) is 1.38. The molecular formula is C17H11ClN2O2. The van der Waals surface area contributed by atoms with Crippen LogP contribution >= 0.6 is 11.6 Å². The lowest BCUT2D eigenvalue weighted by molar-refractivity contribution is 0.289. The molecule has 3 rings (SSSR count). The molecule has 1 aromatic heterocycles. The second-order valence-electron chi connectivity index (χ2n) is 4.71. The van der Waals surface area contributed by atoms with E-state index in [9.17, 15) is 5.11 Å². The number of ether oxygens (including phenoxy) is 1. The van der Waals surface area contributed by atoms with Crippen LogP contribution < -0.4 is 4.74 Å². The maximum Gasteiger partial charge on any atom is 0.162 e. The van der Waals surface area contributed by atoms with Crippen molar-refractivity contribution in [2.24, 2.45) is 0 Å². The van der Waals surface area contributed by atoms with E-state index in [1.165, 1.54) is 12.3 Å². The number of hydrogen-bond donors (Lipinski definition) is 1. The molecule has 4 nitrogen and oxygen atoms in total. The van der Waals surface area contributed by atoms with Gasteiger partial charge in [0.05, 0.1) is 16.1 Å². The van der Waals surface area contributed by atoms with Crippen molar-refractivity contribution in [1.82, 2.24) is 4.98 Å². The lowest BCUT2D eigenvalue weighted by Gasteiger charge is -2.10. The third-order valence-electron chi connectivity index (χ3n) is 3.24. The standard InChI is InChI=1S/C17H11ClN2O2/c18-17-12(8-19)9-20-14-7-15(21)16(6-13(14)17)22-10-11-4-2-1-3-5-11/h1-7,9,21H,10H2. The number of pyridine rings is 1. The van der Waals surface area contributed by atoms with Gasteiger partial charge in [-0.05, 0) is 11.6 Å². The second kappa shape index (κ2) is 5.92. The smallest absolute Gasteiger partial charge is 0.162 e. The lowest BCUT2D eigenvalue weighted by atomic mass is 10.1. The van der Waals surface area contributed by atoms with Crippen molar-refractivity contribution >= 4 is 22.5 Å². The number of nitrogens with zero attached hydrogens (tertiary/aromatic N) is 2. The molecule has 0 amide bonds. The number of rotatable bonds is 3. The quantitative estimate of drug-likeness (QED) is 0.792. The number of halogens is 1. The van der Waals surface area contributed by atoms with Crippen LogP contribution in [0.4, 0.5) is 0 Å². The minimum atomic E-state index is -0.0169. The molecule has 108 valence electrons. The van der Waals surface area contributed by atoms with Crippen LogP contribution in [-0.4, -0.2) is 10.1 Å². The van der Waals surface area contributed by atoms with Crippen LogP contribution in [-0.2, 0) is 6.61 Å². The van der Waals surface area contributed by atoms with Gasteiger partial charge in [-0.2, -0.15) is 5.26 Å². The molecule has 22 heavy (non-hydrogen) atoms. The predicted octanol–water partition coefficient (Wildman–Crippen LogP) is 4.04. The monoisotopic (exact) mass is 310 g/mol. The highest BCUT2D eigenvalue weighted by atomic mass is 35.5. The first-order valence-electron chi connectivity index (χ1n) is 6.57. The molecule has 2 aromatic carbocycles. The van der Waals surface area contributed by atoms with Crippen LogP contribution in [0.3, 0.4) is 0 Å². The van der Waals surface area contributed by atoms with Gasteiger partial charge in [0.2, 0.25) is 0 Å². The predicted molar refractivity (Wildman–Crippen MR) is 83.9 cm³/mol. The van der Waals surface area contributed by atoms with Gasteiger partial charge >= 0.3 is 0 Å². The molecule has 1 heterocycles. The van der Waals surface area contributed by atoms with E-state index in [0.717, 1.165) is 5.56 Å². The largest absolute Gasteiger partial charge is 0.504 e. The van der Waals surface area contributed by atoms with Gasteiger partial charge in [0.25, 0.3) is 0 Å². The Morgan fingerprint density at radius 3 is 2.73 bits per heavy atom. The summed E-state index contributed by atoms with van der Waals surface area (Å²) in [7, 11) is 0. The van der Waals surface area contributed by atoms with Crippen LogP contribution in [0.5, 0.6) is 11.5 Å². The van der Waals surface area contributed by atoms with Crippen molar-refractivity contribution in [2.45, 2.75) is 6.61 Å². The van der Waals surface area contributed by atoms with Crippen LogP contribution in [0.1, 0.15) is 11.1 Å². The number of phenols is 1. The van der Waals surface area contributed by atoms with Crippen LogP contribution in [0.25, 0.3) is 10.9 Å². The van der Waals surface area contributed by atoms with Gasteiger partial charge in [0.1, 0.15) is 12.7 Å². The van der Waals surface area contributed by atoms with Crippen molar-refractivity contribution in [3.8, 4) is 17.6 Å². The lowest BCUT2D eigenvalue weighted by Crippen LogP contribution is -1.96. The molecular weight excluding hydrogens is 300 g/mol. The summed E-state index contributed by atoms with van der Waals surface area (Å²) in [6, 6.07) is 14.7. The molecule has 1 N–H and O–H groups in total. The van der Waals surface area contributed by atoms with E-state index in [1.54, 1.807) is 6.07 Å². The Morgan fingerprint density at radius 1 is 1.23 bits per heavy atom. The van der Waals surface area contributed by atoms with Crippen molar-refractivity contribution in [2.75, 3.05) is 0 Å². The molecule has 0 aliphatic heterocycles. The Hall–Kier alpha value is -2.77. The van der Waals surface area contributed by atoms with Gasteiger partial charge in [0, 0.05) is 17.6 Å². The molecule has 0 bridgehead atoms. The molecule has 3 aromatic rings. The first kappa shape index (κ1) is 14.2. The maximum absolute atomic E-state index is 10.0. The summed E-state index contributed by atoms with van der Waals surface area (Å²) in [5.74, 6) is 0.284. The van der Waals surface area contributed by atoms with Gasteiger partial charge in [-0.1, -0.05) is 41.9 Å². The first-order valence-corrected chi connectivity index (χ1v) is 6.95. The zero-order valence-corrected chi connectivity index (χ0v) is 12.2. The van der Waals surface area contributed by atoms with Crippen LogP contribution in [0.15, 0.2) is 48.7 Å². The van der Waals surface area contributed by atoms with E-state index in [1.807, 2.05) is 36.4 Å². The van der Waals surface area contributed by atoms with Crippen molar-refractivity contribution in [3.63, 3.8) is 0 Å². The third kappa shape index (κ3) is 2.67. The zero-order valence-electron chi connectivity index (χ0n) is 11.5. The molecule has 0 spiro atoms. The highest BCUT2D eigenvalue weighted by Gasteiger charge is 2.11. The fraction of sp³-hybridized carbons (Fsp3) is 0.0588. The van der Waals surface area contributed by atoms with Gasteiger partial charge < -0.3 is 9.84 Å². The Morgan fingerprint density at radius 2 is 2.00 bits per heavy atom. The number of phenolic OH excluding ortho intramolecular Hbond substituents is 1. The number of hydrogen-bond acceptors (Lipinski definition) is 4. The van der Waals surface area contributed by atoms with Gasteiger partial charge in [-0.25, -0.2) is 0 Å². The Bertz CT molecular complexity index is 873. The summed E-state index contributed by atoms with van der Waals surface area (Å²) in [6.45, 7) is 0.322. The summed E-state index contributed by atoms with van der Waals surface area (Å²) in [4.78, 5) is 4.11. The second-order valence-corrected chi connectivity index (χ2v) is 5.09. The minimum absolute atomic E-state index is 0.0169. The molecule has 0 unspecified atom stereocenters. The van der Waals surface area contributed by atoms with E-state index in [-0.39, 0.29) is 11.3 Å². The minimum Gasteiger partial charge on any atom is -0.504 e. The number of nitriles is 1. The summed E-state index contributed by atoms with van der Waals surface area (Å²) >= 11 is 6.18. The van der Waals surface area contributed by atoms with E-state index in [4.69, 9.17) is 21.6 Å². The first-order chi connectivity index (χ1) is 10.7. The molecule has 0 fully saturated rings. The summed E-state index contributed by atoms with van der Waals surface area (Å²) in [5, 5.41) is 19.9. The highest BCUT2D eigenvalue weighted by molar-refractivity contribution is 6.36. The van der Waals surface area contributed by atoms with Crippen molar-refractivity contribution < 1.29 is 9.84 Å². The molecule has 0 radical (unpaired) electrons. The molecule has 0 aliphatic carbocycles. The molecule has 5 heteroatoms. The Kier molecular flexibility index (Phi) is 3.82. The summed E-state index contributed by atoms with van der Waals surface area (Å²) < 4.78 is 5.64. The van der Waals surface area contributed by atoms with E-state index in [2.05, 4.69) is 4.98 Å². The molecule has 0 saturated heterocycles. The average molecular weight is 311 g/mol. The van der Waals surface area contributed by atoms with Crippen LogP contribution in [0, 0.1) is 11.3 Å². The van der Waals surface area contributed by atoms with Gasteiger partial charge in [-0.3, -0.25) is 4.98 Å². The van der Waals surface area contributed by atoms with Gasteiger partial charge in [-0.15, -0.1) is 0 Å².